The molecule has 2 saturated heterocycles. The van der Waals surface area contributed by atoms with Gasteiger partial charge in [0.1, 0.15) is 17.5 Å². The second kappa shape index (κ2) is 5.95. The Labute approximate surface area is 121 Å². The van der Waals surface area contributed by atoms with Crippen LogP contribution in [-0.4, -0.2) is 53.6 Å². The summed E-state index contributed by atoms with van der Waals surface area (Å²) in [5, 5.41) is 3.29. The lowest BCUT2D eigenvalue weighted by Gasteiger charge is -2.24. The Morgan fingerprint density at radius 2 is 2.05 bits per heavy atom. The molecule has 20 heavy (non-hydrogen) atoms. The van der Waals surface area contributed by atoms with Gasteiger partial charge in [-0.05, 0) is 46.2 Å². The molecule has 0 spiro atoms. The second-order valence-corrected chi connectivity index (χ2v) is 5.82. The van der Waals surface area contributed by atoms with E-state index in [1.54, 1.807) is 0 Å². The number of anilines is 2. The van der Waals surface area contributed by atoms with Crippen LogP contribution in [0.25, 0.3) is 0 Å². The summed E-state index contributed by atoms with van der Waals surface area (Å²) in [5.74, 6) is 2.87. The first kappa shape index (κ1) is 13.6. The highest BCUT2D eigenvalue weighted by Crippen LogP contribution is 2.25. The summed E-state index contributed by atoms with van der Waals surface area (Å²) in [6, 6.07) is 2.80. The Bertz CT molecular complexity index is 456. The van der Waals surface area contributed by atoms with Gasteiger partial charge in [-0.1, -0.05) is 0 Å². The third kappa shape index (κ3) is 2.87. The van der Waals surface area contributed by atoms with Gasteiger partial charge in [-0.25, -0.2) is 9.97 Å². The van der Waals surface area contributed by atoms with E-state index in [9.17, 15) is 0 Å². The van der Waals surface area contributed by atoms with E-state index in [1.165, 1.54) is 32.4 Å². The summed E-state index contributed by atoms with van der Waals surface area (Å²) < 4.78 is 0. The predicted octanol–water partition coefficient (Wildman–Crippen LogP) is 1.89. The maximum Gasteiger partial charge on any atom is 0.134 e. The second-order valence-electron chi connectivity index (χ2n) is 5.82. The Hall–Kier alpha value is -1.36. The SMILES string of the molecule is CCNc1cc(N2CCC(N3CCCC3)C2)nc(C)n1. The number of aryl methyl sites for hydroxylation is 1. The molecule has 0 bridgehead atoms. The van der Waals surface area contributed by atoms with Crippen LogP contribution in [0.1, 0.15) is 32.0 Å². The molecule has 1 aromatic rings. The molecule has 0 radical (unpaired) electrons. The van der Waals surface area contributed by atoms with Crippen LogP contribution in [0.4, 0.5) is 11.6 Å². The van der Waals surface area contributed by atoms with E-state index in [0.29, 0.717) is 0 Å². The fourth-order valence-electron chi connectivity index (χ4n) is 3.34. The molecule has 2 aliphatic rings. The van der Waals surface area contributed by atoms with Gasteiger partial charge in [-0.15, -0.1) is 0 Å². The molecule has 1 atom stereocenters. The highest BCUT2D eigenvalue weighted by atomic mass is 15.3. The Kier molecular flexibility index (Phi) is 4.05. The van der Waals surface area contributed by atoms with Crippen molar-refractivity contribution < 1.29 is 0 Å². The van der Waals surface area contributed by atoms with Crippen molar-refractivity contribution >= 4 is 11.6 Å². The van der Waals surface area contributed by atoms with Gasteiger partial charge >= 0.3 is 0 Å². The highest BCUT2D eigenvalue weighted by molar-refractivity contribution is 5.50. The molecule has 0 amide bonds. The van der Waals surface area contributed by atoms with Crippen molar-refractivity contribution in [2.24, 2.45) is 0 Å². The number of aromatic nitrogens is 2. The van der Waals surface area contributed by atoms with Crippen LogP contribution >= 0.6 is 0 Å². The van der Waals surface area contributed by atoms with Gasteiger partial charge in [-0.3, -0.25) is 4.90 Å². The smallest absolute Gasteiger partial charge is 0.134 e. The fraction of sp³-hybridized carbons (Fsp3) is 0.733. The summed E-state index contributed by atoms with van der Waals surface area (Å²) in [6.45, 7) is 9.75. The van der Waals surface area contributed by atoms with Gasteiger partial charge in [0.05, 0.1) is 0 Å². The molecule has 3 rings (SSSR count). The largest absolute Gasteiger partial charge is 0.370 e. The zero-order valence-corrected chi connectivity index (χ0v) is 12.6. The van der Waals surface area contributed by atoms with Crippen LogP contribution in [0.15, 0.2) is 6.07 Å². The Morgan fingerprint density at radius 3 is 2.80 bits per heavy atom. The predicted molar refractivity (Wildman–Crippen MR) is 82.4 cm³/mol. The summed E-state index contributed by atoms with van der Waals surface area (Å²) in [4.78, 5) is 14.1. The topological polar surface area (TPSA) is 44.3 Å². The monoisotopic (exact) mass is 275 g/mol. The molecule has 2 fully saturated rings. The summed E-state index contributed by atoms with van der Waals surface area (Å²) in [5.41, 5.74) is 0. The van der Waals surface area contributed by atoms with Gasteiger partial charge in [0.2, 0.25) is 0 Å². The molecule has 0 saturated carbocycles. The molecule has 3 heterocycles. The lowest BCUT2D eigenvalue weighted by molar-refractivity contribution is 0.260. The maximum absolute atomic E-state index is 4.62. The Morgan fingerprint density at radius 1 is 1.25 bits per heavy atom. The fourth-order valence-corrected chi connectivity index (χ4v) is 3.34. The van der Waals surface area contributed by atoms with Crippen molar-refractivity contribution in [3.05, 3.63) is 11.9 Å². The van der Waals surface area contributed by atoms with Gasteiger partial charge in [0.15, 0.2) is 0 Å². The molecule has 5 heteroatoms. The van der Waals surface area contributed by atoms with Gasteiger partial charge in [-0.2, -0.15) is 0 Å². The van der Waals surface area contributed by atoms with Crippen molar-refractivity contribution in [2.75, 3.05) is 42.9 Å². The summed E-state index contributed by atoms with van der Waals surface area (Å²) in [7, 11) is 0. The zero-order chi connectivity index (χ0) is 13.9. The molecule has 0 aromatic carbocycles. The maximum atomic E-state index is 4.62. The van der Waals surface area contributed by atoms with Crippen molar-refractivity contribution in [3.63, 3.8) is 0 Å². The molecule has 0 aliphatic carbocycles. The summed E-state index contributed by atoms with van der Waals surface area (Å²) >= 11 is 0. The van der Waals surface area contributed by atoms with Crippen LogP contribution in [0.5, 0.6) is 0 Å². The summed E-state index contributed by atoms with van der Waals surface area (Å²) in [6.07, 6.45) is 4.00. The number of hydrogen-bond acceptors (Lipinski definition) is 5. The molecule has 1 aromatic heterocycles. The molecule has 2 aliphatic heterocycles. The van der Waals surface area contributed by atoms with E-state index in [-0.39, 0.29) is 0 Å². The molecular weight excluding hydrogens is 250 g/mol. The first-order chi connectivity index (χ1) is 9.76. The van der Waals surface area contributed by atoms with E-state index in [1.807, 2.05) is 6.92 Å². The zero-order valence-electron chi connectivity index (χ0n) is 12.6. The Balaban J connectivity index is 1.70. The third-order valence-electron chi connectivity index (χ3n) is 4.33. The van der Waals surface area contributed by atoms with Gasteiger partial charge in [0.25, 0.3) is 0 Å². The van der Waals surface area contributed by atoms with Crippen molar-refractivity contribution in [1.29, 1.82) is 0 Å². The van der Waals surface area contributed by atoms with Crippen LogP contribution in [-0.2, 0) is 0 Å². The van der Waals surface area contributed by atoms with Crippen LogP contribution in [0.3, 0.4) is 0 Å². The van der Waals surface area contributed by atoms with Crippen LogP contribution in [0.2, 0.25) is 0 Å². The van der Waals surface area contributed by atoms with E-state index in [2.05, 4.69) is 38.1 Å². The highest BCUT2D eigenvalue weighted by Gasteiger charge is 2.30. The molecule has 1 unspecified atom stereocenters. The number of hydrogen-bond donors (Lipinski definition) is 1. The van der Waals surface area contributed by atoms with Gasteiger partial charge in [0, 0.05) is 31.7 Å². The van der Waals surface area contributed by atoms with E-state index < -0.39 is 0 Å². The molecular formula is C15H25N5. The number of likely N-dealkylation sites (tertiary alicyclic amines) is 1. The van der Waals surface area contributed by atoms with Crippen molar-refractivity contribution in [3.8, 4) is 0 Å². The third-order valence-corrected chi connectivity index (χ3v) is 4.33. The standard InChI is InChI=1S/C15H25N5/c1-3-16-14-10-15(18-12(2)17-14)20-9-6-13(11-20)19-7-4-5-8-19/h10,13H,3-9,11H2,1-2H3,(H,16,17,18). The average molecular weight is 275 g/mol. The molecule has 110 valence electrons. The van der Waals surface area contributed by atoms with Crippen molar-refractivity contribution in [2.45, 2.75) is 39.2 Å². The minimum atomic E-state index is 0.718. The van der Waals surface area contributed by atoms with E-state index in [4.69, 9.17) is 0 Å². The minimum Gasteiger partial charge on any atom is -0.370 e. The quantitative estimate of drug-likeness (QED) is 0.909. The number of nitrogens with one attached hydrogen (secondary N) is 1. The first-order valence-electron chi connectivity index (χ1n) is 7.85. The lowest BCUT2D eigenvalue weighted by atomic mass is 10.2. The molecule has 1 N–H and O–H groups in total. The first-order valence-corrected chi connectivity index (χ1v) is 7.85. The van der Waals surface area contributed by atoms with E-state index >= 15 is 0 Å². The van der Waals surface area contributed by atoms with Crippen LogP contribution in [0, 0.1) is 6.92 Å². The molecule has 5 nitrogen and oxygen atoms in total. The van der Waals surface area contributed by atoms with Crippen LogP contribution < -0.4 is 10.2 Å². The average Bonchev–Trinajstić information content (AvgIpc) is 3.10. The van der Waals surface area contributed by atoms with E-state index in [0.717, 1.165) is 43.1 Å². The number of rotatable bonds is 4. The van der Waals surface area contributed by atoms with Crippen molar-refractivity contribution in [1.82, 2.24) is 14.9 Å². The van der Waals surface area contributed by atoms with Gasteiger partial charge < -0.3 is 10.2 Å². The normalized spacial score (nSPS) is 23.5. The minimum absolute atomic E-state index is 0.718. The lowest BCUT2D eigenvalue weighted by Crippen LogP contribution is -2.35. The number of nitrogens with zero attached hydrogens (tertiary/aromatic N) is 4.